The highest BCUT2D eigenvalue weighted by atomic mass is 32.1. The van der Waals surface area contributed by atoms with Gasteiger partial charge in [0.25, 0.3) is 0 Å². The Hall–Kier alpha value is -0.490. The molecule has 1 aromatic rings. The van der Waals surface area contributed by atoms with E-state index in [1.165, 1.54) is 29.1 Å². The highest BCUT2D eigenvalue weighted by molar-refractivity contribution is 7.11. The van der Waals surface area contributed by atoms with Crippen molar-refractivity contribution in [2.45, 2.75) is 44.6 Å². The third-order valence-electron chi connectivity index (χ3n) is 4.71. The molecule has 2 fully saturated rings. The third-order valence-corrected chi connectivity index (χ3v) is 5.87. The van der Waals surface area contributed by atoms with E-state index in [-0.39, 0.29) is 12.0 Å². The van der Waals surface area contributed by atoms with Crippen LogP contribution in [-0.2, 0) is 11.3 Å². The van der Waals surface area contributed by atoms with Gasteiger partial charge in [-0.3, -0.25) is 0 Å². The van der Waals surface area contributed by atoms with E-state index in [2.05, 4.69) is 10.3 Å². The molecule has 1 saturated heterocycles. The average molecular weight is 296 g/mol. The summed E-state index contributed by atoms with van der Waals surface area (Å²) in [7, 11) is 0. The number of ether oxygens (including phenoxy) is 1. The minimum atomic E-state index is 0.0136. The average Bonchev–Trinajstić information content (AvgIpc) is 2.86. The minimum Gasteiger partial charge on any atom is -0.396 e. The SMILES string of the molecule is OCC1(CNCc2cnc(C3CCC3)s2)CCOCC1. The van der Waals surface area contributed by atoms with Crippen molar-refractivity contribution < 1.29 is 9.84 Å². The van der Waals surface area contributed by atoms with Crippen molar-refractivity contribution in [3.05, 3.63) is 16.1 Å². The number of aromatic nitrogens is 1. The third kappa shape index (κ3) is 3.22. The maximum atomic E-state index is 9.65. The molecule has 1 aromatic heterocycles. The fourth-order valence-corrected chi connectivity index (χ4v) is 3.95. The van der Waals surface area contributed by atoms with Crippen LogP contribution in [0.25, 0.3) is 0 Å². The fraction of sp³-hybridized carbons (Fsp3) is 0.800. The van der Waals surface area contributed by atoms with Gasteiger partial charge in [0, 0.05) is 48.7 Å². The van der Waals surface area contributed by atoms with Crippen LogP contribution in [-0.4, -0.2) is 36.5 Å². The van der Waals surface area contributed by atoms with Crippen LogP contribution in [0, 0.1) is 5.41 Å². The van der Waals surface area contributed by atoms with Crippen LogP contribution in [0.2, 0.25) is 0 Å². The van der Waals surface area contributed by atoms with Crippen LogP contribution in [0.1, 0.15) is 47.9 Å². The molecule has 112 valence electrons. The lowest BCUT2D eigenvalue weighted by atomic mass is 9.81. The van der Waals surface area contributed by atoms with Crippen LogP contribution < -0.4 is 5.32 Å². The molecule has 0 bridgehead atoms. The van der Waals surface area contributed by atoms with Gasteiger partial charge in [0.2, 0.25) is 0 Å². The zero-order valence-electron chi connectivity index (χ0n) is 11.9. The topological polar surface area (TPSA) is 54.4 Å². The van der Waals surface area contributed by atoms with Gasteiger partial charge >= 0.3 is 0 Å². The molecule has 1 aliphatic carbocycles. The smallest absolute Gasteiger partial charge is 0.0959 e. The predicted molar refractivity (Wildman–Crippen MR) is 80.0 cm³/mol. The summed E-state index contributed by atoms with van der Waals surface area (Å²) < 4.78 is 5.39. The summed E-state index contributed by atoms with van der Waals surface area (Å²) >= 11 is 1.85. The van der Waals surface area contributed by atoms with Crippen LogP contribution in [0.15, 0.2) is 6.20 Å². The first-order valence-corrected chi connectivity index (χ1v) is 8.47. The summed E-state index contributed by atoms with van der Waals surface area (Å²) in [6.07, 6.45) is 7.90. The highest BCUT2D eigenvalue weighted by Gasteiger charge is 2.31. The molecule has 0 amide bonds. The van der Waals surface area contributed by atoms with Crippen molar-refractivity contribution in [2.75, 3.05) is 26.4 Å². The van der Waals surface area contributed by atoms with Gasteiger partial charge in [-0.15, -0.1) is 11.3 Å². The second-order valence-corrected chi connectivity index (χ2v) is 7.31. The second-order valence-electron chi connectivity index (χ2n) is 6.17. The van der Waals surface area contributed by atoms with E-state index in [4.69, 9.17) is 4.74 Å². The van der Waals surface area contributed by atoms with Gasteiger partial charge in [0.05, 0.1) is 11.6 Å². The zero-order chi connectivity index (χ0) is 13.8. The number of aliphatic hydroxyl groups is 1. The summed E-state index contributed by atoms with van der Waals surface area (Å²) in [4.78, 5) is 5.86. The molecule has 0 aromatic carbocycles. The predicted octanol–water partition coefficient (Wildman–Crippen LogP) is 2.29. The quantitative estimate of drug-likeness (QED) is 0.846. The Kier molecular flexibility index (Phi) is 4.71. The molecule has 2 aliphatic rings. The van der Waals surface area contributed by atoms with Gasteiger partial charge in [-0.25, -0.2) is 4.98 Å². The molecule has 1 saturated carbocycles. The molecule has 1 aliphatic heterocycles. The van der Waals surface area contributed by atoms with Gasteiger partial charge in [-0.05, 0) is 25.7 Å². The van der Waals surface area contributed by atoms with Crippen molar-refractivity contribution in [1.82, 2.24) is 10.3 Å². The Morgan fingerprint density at radius 1 is 1.40 bits per heavy atom. The fourth-order valence-electron chi connectivity index (χ4n) is 2.89. The molecule has 0 unspecified atom stereocenters. The molecule has 4 nitrogen and oxygen atoms in total. The molecule has 2 heterocycles. The van der Waals surface area contributed by atoms with Crippen LogP contribution >= 0.6 is 11.3 Å². The standard InChI is InChI=1S/C15H24N2O2S/c18-11-15(4-6-19-7-5-15)10-16-8-13-9-17-14(20-13)12-2-1-3-12/h9,12,16,18H,1-8,10-11H2. The molecule has 20 heavy (non-hydrogen) atoms. The molecule has 0 radical (unpaired) electrons. The van der Waals surface area contributed by atoms with Gasteiger partial charge in [0.1, 0.15) is 0 Å². The highest BCUT2D eigenvalue weighted by Crippen LogP contribution is 2.38. The lowest BCUT2D eigenvalue weighted by molar-refractivity contribution is -0.0153. The summed E-state index contributed by atoms with van der Waals surface area (Å²) in [6, 6.07) is 0. The van der Waals surface area contributed by atoms with Crippen LogP contribution in [0.4, 0.5) is 0 Å². The first kappa shape index (κ1) is 14.4. The van der Waals surface area contributed by atoms with E-state index in [9.17, 15) is 5.11 Å². The summed E-state index contributed by atoms with van der Waals surface area (Å²) in [6.45, 7) is 3.53. The van der Waals surface area contributed by atoms with Crippen LogP contribution in [0.3, 0.4) is 0 Å². The number of thiazole rings is 1. The van der Waals surface area contributed by atoms with Crippen molar-refractivity contribution in [3.63, 3.8) is 0 Å². The van der Waals surface area contributed by atoms with Crippen molar-refractivity contribution in [2.24, 2.45) is 5.41 Å². The summed E-state index contributed by atoms with van der Waals surface area (Å²) in [5.74, 6) is 0.730. The van der Waals surface area contributed by atoms with E-state index in [0.29, 0.717) is 0 Å². The van der Waals surface area contributed by atoms with E-state index < -0.39 is 0 Å². The molecule has 5 heteroatoms. The Morgan fingerprint density at radius 2 is 2.20 bits per heavy atom. The maximum absolute atomic E-state index is 9.65. The summed E-state index contributed by atoms with van der Waals surface area (Å²) in [5, 5.41) is 14.5. The Balaban J connectivity index is 1.47. The number of nitrogens with one attached hydrogen (secondary N) is 1. The zero-order valence-corrected chi connectivity index (χ0v) is 12.8. The monoisotopic (exact) mass is 296 g/mol. The number of hydrogen-bond acceptors (Lipinski definition) is 5. The normalized spacial score (nSPS) is 22.6. The maximum Gasteiger partial charge on any atom is 0.0959 e. The second kappa shape index (κ2) is 6.52. The Morgan fingerprint density at radius 3 is 2.85 bits per heavy atom. The Labute approximate surface area is 124 Å². The van der Waals surface area contributed by atoms with Crippen molar-refractivity contribution >= 4 is 11.3 Å². The lowest BCUT2D eigenvalue weighted by Crippen LogP contribution is -2.41. The first-order chi connectivity index (χ1) is 9.81. The van der Waals surface area contributed by atoms with Crippen molar-refractivity contribution in [3.8, 4) is 0 Å². The molecular weight excluding hydrogens is 272 g/mol. The largest absolute Gasteiger partial charge is 0.396 e. The van der Waals surface area contributed by atoms with Crippen LogP contribution in [0.5, 0.6) is 0 Å². The number of hydrogen-bond donors (Lipinski definition) is 2. The number of aliphatic hydroxyl groups excluding tert-OH is 1. The molecular formula is C15H24N2O2S. The number of rotatable bonds is 6. The van der Waals surface area contributed by atoms with Gasteiger partial charge in [0.15, 0.2) is 0 Å². The van der Waals surface area contributed by atoms with E-state index in [0.717, 1.165) is 45.1 Å². The minimum absolute atomic E-state index is 0.0136. The molecule has 0 atom stereocenters. The van der Waals surface area contributed by atoms with E-state index in [1.807, 2.05) is 17.5 Å². The first-order valence-electron chi connectivity index (χ1n) is 7.65. The molecule has 3 rings (SSSR count). The van der Waals surface area contributed by atoms with E-state index >= 15 is 0 Å². The summed E-state index contributed by atoms with van der Waals surface area (Å²) in [5.41, 5.74) is 0.0136. The van der Waals surface area contributed by atoms with Gasteiger partial charge in [-0.2, -0.15) is 0 Å². The van der Waals surface area contributed by atoms with Gasteiger partial charge in [-0.1, -0.05) is 6.42 Å². The van der Waals surface area contributed by atoms with E-state index in [1.54, 1.807) is 0 Å². The molecule has 2 N–H and O–H groups in total. The number of nitrogens with zero attached hydrogens (tertiary/aromatic N) is 1. The molecule has 0 spiro atoms. The lowest BCUT2D eigenvalue weighted by Gasteiger charge is -2.35. The van der Waals surface area contributed by atoms with Gasteiger partial charge < -0.3 is 15.2 Å². The Bertz CT molecular complexity index is 425. The van der Waals surface area contributed by atoms with Crippen molar-refractivity contribution in [1.29, 1.82) is 0 Å².